The lowest BCUT2D eigenvalue weighted by Crippen LogP contribution is -2.27. The van der Waals surface area contributed by atoms with E-state index in [-0.39, 0.29) is 5.95 Å². The Hall–Kier alpha value is -2.37. The third-order valence-electron chi connectivity index (χ3n) is 3.55. The van der Waals surface area contributed by atoms with Crippen molar-refractivity contribution in [3.63, 3.8) is 0 Å². The van der Waals surface area contributed by atoms with E-state index >= 15 is 0 Å². The Kier molecular flexibility index (Phi) is 5.97. The van der Waals surface area contributed by atoms with E-state index in [2.05, 4.69) is 21.2 Å². The largest absolute Gasteiger partial charge is 0.471 e. The zero-order valence-corrected chi connectivity index (χ0v) is 15.3. The summed E-state index contributed by atoms with van der Waals surface area (Å²) in [5, 5.41) is 17.6. The van der Waals surface area contributed by atoms with Crippen LogP contribution in [0.15, 0.2) is 35.4 Å². The van der Waals surface area contributed by atoms with Crippen molar-refractivity contribution in [3.05, 3.63) is 36.0 Å². The Bertz CT molecular complexity index is 900. The lowest BCUT2D eigenvalue weighted by molar-refractivity contribution is -0.140. The molecule has 27 heavy (non-hydrogen) atoms. The number of hydrogen-bond donors (Lipinski definition) is 3. The van der Waals surface area contributed by atoms with Gasteiger partial charge in [-0.3, -0.25) is 5.14 Å². The molecule has 0 aliphatic rings. The number of aromatic nitrogens is 2. The van der Waals surface area contributed by atoms with E-state index in [4.69, 9.17) is 9.88 Å². The van der Waals surface area contributed by atoms with Gasteiger partial charge >= 0.3 is 6.18 Å². The van der Waals surface area contributed by atoms with Crippen LogP contribution >= 0.6 is 0 Å². The molecule has 0 aliphatic carbocycles. The molecule has 0 fully saturated rings. The predicted molar refractivity (Wildman–Crippen MR) is 96.2 cm³/mol. The summed E-state index contributed by atoms with van der Waals surface area (Å²) < 4.78 is 56.2. The molecule has 0 saturated carbocycles. The minimum absolute atomic E-state index is 0.147. The first-order chi connectivity index (χ1) is 12.4. The Labute approximate surface area is 154 Å². The van der Waals surface area contributed by atoms with Crippen molar-refractivity contribution in [3.8, 4) is 5.88 Å². The average Bonchev–Trinajstić information content (AvgIpc) is 2.53. The molecule has 2 rings (SSSR count). The van der Waals surface area contributed by atoms with Crippen molar-refractivity contribution in [2.24, 2.45) is 5.14 Å². The van der Waals surface area contributed by atoms with Crippen LogP contribution in [0.3, 0.4) is 0 Å². The minimum Gasteiger partial charge on any atom is -0.471 e. The van der Waals surface area contributed by atoms with E-state index < -0.39 is 39.5 Å². The molecular weight excluding hydrogens is 385 g/mol. The Balaban J connectivity index is 2.32. The van der Waals surface area contributed by atoms with E-state index in [0.29, 0.717) is 16.8 Å². The number of anilines is 2. The van der Waals surface area contributed by atoms with E-state index in [1.54, 1.807) is 0 Å². The molecule has 0 radical (unpaired) electrons. The highest BCUT2D eigenvalue weighted by Gasteiger charge is 2.37. The normalized spacial score (nSPS) is 16.3. The lowest BCUT2D eigenvalue weighted by Gasteiger charge is -2.20. The van der Waals surface area contributed by atoms with Gasteiger partial charge in [-0.1, -0.05) is 0 Å². The molecule has 148 valence electrons. The number of aliphatic hydroxyl groups excluding tert-OH is 1. The molecule has 11 heteroatoms. The molecule has 4 N–H and O–H groups in total. The Morgan fingerprint density at radius 1 is 1.30 bits per heavy atom. The van der Waals surface area contributed by atoms with Crippen LogP contribution < -0.4 is 15.2 Å². The molecule has 0 spiro atoms. The SMILES string of the molecule is C=S(N)(=O)c1ccc(Nc2ncc(C(F)(F)F)c(OC(C)C(C)O)n2)cc1. The summed E-state index contributed by atoms with van der Waals surface area (Å²) in [6, 6.07) is 5.95. The number of alkyl halides is 3. The van der Waals surface area contributed by atoms with Gasteiger partial charge in [0, 0.05) is 16.8 Å². The summed E-state index contributed by atoms with van der Waals surface area (Å²) in [7, 11) is -2.87. The molecule has 0 aliphatic heterocycles. The number of benzene rings is 1. The number of nitrogens with zero attached hydrogens (tertiary/aromatic N) is 2. The maximum absolute atomic E-state index is 13.1. The highest BCUT2D eigenvalue weighted by Crippen LogP contribution is 2.35. The maximum atomic E-state index is 13.1. The fourth-order valence-corrected chi connectivity index (χ4v) is 2.48. The van der Waals surface area contributed by atoms with Gasteiger partial charge in [0.05, 0.1) is 15.8 Å². The zero-order chi connectivity index (χ0) is 20.4. The van der Waals surface area contributed by atoms with E-state index in [1.165, 1.54) is 38.1 Å². The molecule has 3 unspecified atom stereocenters. The molecule has 0 saturated heterocycles. The Morgan fingerprint density at radius 2 is 1.89 bits per heavy atom. The van der Waals surface area contributed by atoms with Gasteiger partial charge in [0.1, 0.15) is 11.7 Å². The van der Waals surface area contributed by atoms with Crippen LogP contribution in [0.5, 0.6) is 5.88 Å². The van der Waals surface area contributed by atoms with Gasteiger partial charge < -0.3 is 15.2 Å². The summed E-state index contributed by atoms with van der Waals surface area (Å²) in [5.74, 6) is 2.51. The molecule has 0 amide bonds. The van der Waals surface area contributed by atoms with Gasteiger partial charge in [-0.2, -0.15) is 18.2 Å². The number of halogens is 3. The number of nitrogens with one attached hydrogen (secondary N) is 1. The topological polar surface area (TPSA) is 110 Å². The summed E-state index contributed by atoms with van der Waals surface area (Å²) in [6.07, 6.45) is -6.04. The summed E-state index contributed by atoms with van der Waals surface area (Å²) in [5.41, 5.74) is -0.729. The molecule has 1 aromatic heterocycles. The number of hydrogen-bond acceptors (Lipinski definition) is 6. The molecule has 7 nitrogen and oxygen atoms in total. The van der Waals surface area contributed by atoms with Crippen LogP contribution in [0.1, 0.15) is 19.4 Å². The van der Waals surface area contributed by atoms with Crippen LogP contribution in [0.4, 0.5) is 24.8 Å². The first-order valence-corrected chi connectivity index (χ1v) is 9.48. The smallest absolute Gasteiger partial charge is 0.423 e. The number of aliphatic hydroxyl groups is 1. The van der Waals surface area contributed by atoms with Gasteiger partial charge in [-0.05, 0) is 44.0 Å². The standard InChI is InChI=1S/C16H19F3N4O3S/c1-9(24)10(2)26-14-13(16(17,18)19)8-21-15(23-14)22-11-4-6-12(7-5-11)27(3,20)25/h4-10,24H,3H2,1-2H3,(H2,20,25)(H,21,22,23). The lowest BCUT2D eigenvalue weighted by atomic mass is 10.2. The molecular formula is C16H19F3N4O3S. The third-order valence-corrected chi connectivity index (χ3v) is 4.62. The van der Waals surface area contributed by atoms with Gasteiger partial charge in [0.25, 0.3) is 0 Å². The second-order valence-electron chi connectivity index (χ2n) is 5.85. The number of nitrogens with two attached hydrogens (primary N) is 1. The minimum atomic E-state index is -4.72. The third kappa shape index (κ3) is 5.55. The Morgan fingerprint density at radius 3 is 2.37 bits per heavy atom. The number of rotatable bonds is 6. The van der Waals surface area contributed by atoms with Crippen molar-refractivity contribution in [2.75, 3.05) is 5.32 Å². The fraction of sp³-hybridized carbons (Fsp3) is 0.312. The monoisotopic (exact) mass is 404 g/mol. The zero-order valence-electron chi connectivity index (χ0n) is 14.5. The summed E-state index contributed by atoms with van der Waals surface area (Å²) in [4.78, 5) is 7.72. The van der Waals surface area contributed by atoms with Gasteiger partial charge in [-0.25, -0.2) is 9.19 Å². The van der Waals surface area contributed by atoms with Gasteiger partial charge in [-0.15, -0.1) is 0 Å². The van der Waals surface area contributed by atoms with Gasteiger partial charge in [0.15, 0.2) is 0 Å². The number of ether oxygens (including phenoxy) is 1. The first kappa shape index (κ1) is 20.9. The van der Waals surface area contributed by atoms with Crippen LogP contribution in [0.25, 0.3) is 0 Å². The first-order valence-electron chi connectivity index (χ1n) is 7.69. The molecule has 1 aromatic carbocycles. The second-order valence-corrected chi connectivity index (χ2v) is 7.77. The highest BCUT2D eigenvalue weighted by molar-refractivity contribution is 7.98. The summed E-state index contributed by atoms with van der Waals surface area (Å²) >= 11 is 0. The molecule has 2 aromatic rings. The van der Waals surface area contributed by atoms with Crippen LogP contribution in [0, 0.1) is 0 Å². The van der Waals surface area contributed by atoms with E-state index in [1.807, 2.05) is 0 Å². The van der Waals surface area contributed by atoms with E-state index in [0.717, 1.165) is 0 Å². The van der Waals surface area contributed by atoms with Crippen molar-refractivity contribution in [2.45, 2.75) is 37.1 Å². The van der Waals surface area contributed by atoms with Crippen molar-refractivity contribution < 1.29 is 27.2 Å². The van der Waals surface area contributed by atoms with Crippen molar-refractivity contribution >= 4 is 27.2 Å². The molecule has 3 atom stereocenters. The highest BCUT2D eigenvalue weighted by atomic mass is 32.2. The summed E-state index contributed by atoms with van der Waals surface area (Å²) in [6.45, 7) is 2.81. The maximum Gasteiger partial charge on any atom is 0.423 e. The van der Waals surface area contributed by atoms with E-state index in [9.17, 15) is 22.5 Å². The second kappa shape index (κ2) is 7.71. The van der Waals surface area contributed by atoms with Crippen molar-refractivity contribution in [1.29, 1.82) is 0 Å². The van der Waals surface area contributed by atoms with Crippen LogP contribution in [-0.2, 0) is 15.9 Å². The van der Waals surface area contributed by atoms with Crippen molar-refractivity contribution in [1.82, 2.24) is 9.97 Å². The molecule has 0 bridgehead atoms. The fourth-order valence-electron chi connectivity index (χ4n) is 1.88. The van der Waals surface area contributed by atoms with Crippen LogP contribution in [0.2, 0.25) is 0 Å². The average molecular weight is 404 g/mol. The van der Waals surface area contributed by atoms with Gasteiger partial charge in [0.2, 0.25) is 11.8 Å². The van der Waals surface area contributed by atoms with Crippen LogP contribution in [-0.4, -0.2) is 37.4 Å². The quantitative estimate of drug-likeness (QED) is 0.638. The molecule has 1 heterocycles. The predicted octanol–water partition coefficient (Wildman–Crippen LogP) is 2.34.